The normalized spacial score (nSPS) is 16.5. The molecule has 1 fully saturated rings. The SMILES string of the molecule is CC(C)(C)OC(=O)N1CCN(Cc2cc(F)cc(F)c2F)CC1. The summed E-state index contributed by atoms with van der Waals surface area (Å²) in [6.45, 7) is 7.30. The number of ether oxygens (including phenoxy) is 1. The number of rotatable bonds is 2. The zero-order chi connectivity index (χ0) is 17.2. The Morgan fingerprint density at radius 2 is 1.74 bits per heavy atom. The minimum Gasteiger partial charge on any atom is -0.444 e. The smallest absolute Gasteiger partial charge is 0.410 e. The molecule has 0 aliphatic carbocycles. The molecule has 128 valence electrons. The monoisotopic (exact) mass is 330 g/mol. The van der Waals surface area contributed by atoms with E-state index < -0.39 is 23.1 Å². The average molecular weight is 330 g/mol. The van der Waals surface area contributed by atoms with Gasteiger partial charge in [-0.1, -0.05) is 0 Å². The lowest BCUT2D eigenvalue weighted by Crippen LogP contribution is -2.49. The summed E-state index contributed by atoms with van der Waals surface area (Å²) in [4.78, 5) is 15.4. The zero-order valence-electron chi connectivity index (χ0n) is 13.5. The lowest BCUT2D eigenvalue weighted by Gasteiger charge is -2.35. The number of halogens is 3. The Morgan fingerprint density at radius 3 is 2.30 bits per heavy atom. The fourth-order valence-corrected chi connectivity index (χ4v) is 2.38. The molecule has 1 heterocycles. The van der Waals surface area contributed by atoms with E-state index in [-0.39, 0.29) is 18.2 Å². The summed E-state index contributed by atoms with van der Waals surface area (Å²) in [5.41, 5.74) is -0.579. The molecule has 0 N–H and O–H groups in total. The van der Waals surface area contributed by atoms with E-state index in [9.17, 15) is 18.0 Å². The van der Waals surface area contributed by atoms with E-state index in [2.05, 4.69) is 0 Å². The first kappa shape index (κ1) is 17.6. The van der Waals surface area contributed by atoms with E-state index in [1.165, 1.54) is 0 Å². The number of piperazine rings is 1. The van der Waals surface area contributed by atoms with Gasteiger partial charge in [0.15, 0.2) is 11.6 Å². The minimum atomic E-state index is -1.19. The lowest BCUT2D eigenvalue weighted by molar-refractivity contribution is 0.0138. The van der Waals surface area contributed by atoms with Crippen molar-refractivity contribution in [1.82, 2.24) is 9.80 Å². The van der Waals surface area contributed by atoms with Crippen LogP contribution in [-0.4, -0.2) is 47.7 Å². The first-order chi connectivity index (χ1) is 10.7. The van der Waals surface area contributed by atoms with Crippen molar-refractivity contribution in [1.29, 1.82) is 0 Å². The Hall–Kier alpha value is -1.76. The fourth-order valence-electron chi connectivity index (χ4n) is 2.38. The molecule has 7 heteroatoms. The molecule has 23 heavy (non-hydrogen) atoms. The number of benzene rings is 1. The second kappa shape index (κ2) is 6.78. The molecule has 1 aromatic carbocycles. The van der Waals surface area contributed by atoms with Crippen molar-refractivity contribution in [3.8, 4) is 0 Å². The van der Waals surface area contributed by atoms with Gasteiger partial charge >= 0.3 is 6.09 Å². The molecule has 0 bridgehead atoms. The van der Waals surface area contributed by atoms with Gasteiger partial charge in [-0.25, -0.2) is 18.0 Å². The van der Waals surface area contributed by atoms with Gasteiger partial charge in [0.05, 0.1) is 0 Å². The molecule has 1 amide bonds. The van der Waals surface area contributed by atoms with E-state index in [0.29, 0.717) is 32.2 Å². The molecule has 0 spiro atoms. The van der Waals surface area contributed by atoms with Crippen molar-refractivity contribution in [2.75, 3.05) is 26.2 Å². The molecule has 0 aromatic heterocycles. The molecule has 1 aliphatic rings. The van der Waals surface area contributed by atoms with Crippen molar-refractivity contribution in [3.63, 3.8) is 0 Å². The highest BCUT2D eigenvalue weighted by Gasteiger charge is 2.26. The Morgan fingerprint density at radius 1 is 1.13 bits per heavy atom. The van der Waals surface area contributed by atoms with E-state index >= 15 is 0 Å². The average Bonchev–Trinajstić information content (AvgIpc) is 2.43. The van der Waals surface area contributed by atoms with Crippen LogP contribution in [0.2, 0.25) is 0 Å². The Bertz CT molecular complexity index is 579. The second-order valence-corrected chi connectivity index (χ2v) is 6.60. The minimum absolute atomic E-state index is 0.0202. The van der Waals surface area contributed by atoms with Crippen LogP contribution in [-0.2, 0) is 11.3 Å². The molecule has 0 radical (unpaired) electrons. The van der Waals surface area contributed by atoms with Crippen molar-refractivity contribution in [2.45, 2.75) is 32.9 Å². The van der Waals surface area contributed by atoms with Gasteiger partial charge < -0.3 is 9.64 Å². The Labute approximate surface area is 133 Å². The summed E-state index contributed by atoms with van der Waals surface area (Å²) >= 11 is 0. The number of hydrogen-bond acceptors (Lipinski definition) is 3. The van der Waals surface area contributed by atoms with Crippen LogP contribution in [0.3, 0.4) is 0 Å². The van der Waals surface area contributed by atoms with E-state index in [4.69, 9.17) is 4.74 Å². The first-order valence-corrected chi connectivity index (χ1v) is 7.49. The molecule has 0 unspecified atom stereocenters. The van der Waals surface area contributed by atoms with Crippen LogP contribution in [0.5, 0.6) is 0 Å². The molecule has 2 rings (SSSR count). The molecule has 1 aliphatic heterocycles. The number of hydrogen-bond donors (Lipinski definition) is 0. The summed E-state index contributed by atoms with van der Waals surface area (Å²) in [5.74, 6) is -3.01. The summed E-state index contributed by atoms with van der Waals surface area (Å²) in [6.07, 6.45) is -0.389. The number of carbonyl (C=O) groups excluding carboxylic acids is 1. The summed E-state index contributed by atoms with van der Waals surface area (Å²) < 4.78 is 45.4. The van der Waals surface area contributed by atoms with Crippen molar-refractivity contribution >= 4 is 6.09 Å². The van der Waals surface area contributed by atoms with E-state index in [1.54, 1.807) is 25.7 Å². The van der Waals surface area contributed by atoms with Crippen LogP contribution in [0.15, 0.2) is 12.1 Å². The predicted octanol–water partition coefficient (Wildman–Crippen LogP) is 3.16. The summed E-state index contributed by atoms with van der Waals surface area (Å²) in [5, 5.41) is 0. The van der Waals surface area contributed by atoms with Gasteiger partial charge in [0.2, 0.25) is 0 Å². The molecule has 1 saturated heterocycles. The highest BCUT2D eigenvalue weighted by Crippen LogP contribution is 2.18. The quantitative estimate of drug-likeness (QED) is 0.781. The standard InChI is InChI=1S/C16H21F3N2O2/c1-16(2,3)23-15(22)21-6-4-20(5-7-21)10-11-8-12(17)9-13(18)14(11)19/h8-9H,4-7,10H2,1-3H3. The van der Waals surface area contributed by atoms with Crippen LogP contribution < -0.4 is 0 Å². The second-order valence-electron chi connectivity index (χ2n) is 6.60. The van der Waals surface area contributed by atoms with Gasteiger partial charge in [0, 0.05) is 44.4 Å². The third-order valence-electron chi connectivity index (χ3n) is 3.49. The fraction of sp³-hybridized carbons (Fsp3) is 0.562. The number of amides is 1. The summed E-state index contributed by atoms with van der Waals surface area (Å²) in [7, 11) is 0. The van der Waals surface area contributed by atoms with Crippen molar-refractivity contribution in [3.05, 3.63) is 35.1 Å². The first-order valence-electron chi connectivity index (χ1n) is 7.49. The van der Waals surface area contributed by atoms with Gasteiger partial charge in [-0.2, -0.15) is 0 Å². The molecular weight excluding hydrogens is 309 g/mol. The molecule has 1 aromatic rings. The lowest BCUT2D eigenvalue weighted by atomic mass is 10.1. The number of nitrogens with zero attached hydrogens (tertiary/aromatic N) is 2. The van der Waals surface area contributed by atoms with E-state index in [1.807, 2.05) is 4.90 Å². The van der Waals surface area contributed by atoms with Gasteiger partial charge in [0.1, 0.15) is 11.4 Å². The van der Waals surface area contributed by atoms with E-state index in [0.717, 1.165) is 6.07 Å². The van der Waals surface area contributed by atoms with Crippen LogP contribution in [0.25, 0.3) is 0 Å². The summed E-state index contributed by atoms with van der Waals surface area (Å²) in [6, 6.07) is 1.53. The van der Waals surface area contributed by atoms with Gasteiger partial charge in [-0.3, -0.25) is 4.90 Å². The highest BCUT2D eigenvalue weighted by atomic mass is 19.2. The molecular formula is C16H21F3N2O2. The maximum atomic E-state index is 13.7. The molecule has 4 nitrogen and oxygen atoms in total. The Balaban J connectivity index is 1.92. The van der Waals surface area contributed by atoms with Gasteiger partial charge in [-0.15, -0.1) is 0 Å². The maximum absolute atomic E-state index is 13.7. The van der Waals surface area contributed by atoms with Crippen LogP contribution in [0.4, 0.5) is 18.0 Å². The predicted molar refractivity (Wildman–Crippen MR) is 79.4 cm³/mol. The zero-order valence-corrected chi connectivity index (χ0v) is 13.5. The largest absolute Gasteiger partial charge is 0.444 e. The Kier molecular flexibility index (Phi) is 5.19. The topological polar surface area (TPSA) is 32.8 Å². The highest BCUT2D eigenvalue weighted by molar-refractivity contribution is 5.68. The number of carbonyl (C=O) groups is 1. The molecule has 0 atom stereocenters. The van der Waals surface area contributed by atoms with Gasteiger partial charge in [0.25, 0.3) is 0 Å². The van der Waals surface area contributed by atoms with Crippen molar-refractivity contribution < 1.29 is 22.7 Å². The molecule has 0 saturated carbocycles. The van der Waals surface area contributed by atoms with Crippen LogP contribution in [0, 0.1) is 17.5 Å². The third-order valence-corrected chi connectivity index (χ3v) is 3.49. The van der Waals surface area contributed by atoms with Gasteiger partial charge in [-0.05, 0) is 26.8 Å². The van der Waals surface area contributed by atoms with Crippen LogP contribution >= 0.6 is 0 Å². The maximum Gasteiger partial charge on any atom is 0.410 e. The van der Waals surface area contributed by atoms with Crippen LogP contribution in [0.1, 0.15) is 26.3 Å². The third kappa shape index (κ3) is 4.86. The van der Waals surface area contributed by atoms with Crippen molar-refractivity contribution in [2.24, 2.45) is 0 Å².